The number of carbonyl (C=O) groups excluding carboxylic acids is 1. The van der Waals surface area contributed by atoms with Crippen molar-refractivity contribution >= 4 is 16.9 Å². The number of hydrogen-bond acceptors (Lipinski definition) is 4. The Balaban J connectivity index is 1.57. The maximum Gasteiger partial charge on any atom is 0.254 e. The SMILES string of the molecule is CCC1Cc2c(nn(C)c2-c2cc(F)c(F)c(F)c2)C(C)N1C(=O)c1ccc2nccnc2c1. The fraction of sp³-hybridized carbons (Fsp3) is 0.280. The number of hydrogen-bond donors (Lipinski definition) is 0. The van der Waals surface area contributed by atoms with Crippen molar-refractivity contribution in [1.29, 1.82) is 0 Å². The highest BCUT2D eigenvalue weighted by Crippen LogP contribution is 2.40. The number of carbonyl (C=O) groups is 1. The molecule has 0 radical (unpaired) electrons. The molecule has 4 aromatic rings. The number of rotatable bonds is 3. The average Bonchev–Trinajstić information content (AvgIpc) is 3.17. The van der Waals surface area contributed by atoms with Gasteiger partial charge in [-0.3, -0.25) is 19.4 Å². The maximum atomic E-state index is 14.0. The molecule has 0 bridgehead atoms. The Kier molecular flexibility index (Phi) is 5.34. The van der Waals surface area contributed by atoms with Crippen molar-refractivity contribution in [2.75, 3.05) is 0 Å². The number of nitrogens with zero attached hydrogens (tertiary/aromatic N) is 5. The number of halogens is 3. The van der Waals surface area contributed by atoms with Gasteiger partial charge in [0.2, 0.25) is 0 Å². The summed E-state index contributed by atoms with van der Waals surface area (Å²) in [7, 11) is 1.68. The van der Waals surface area contributed by atoms with Crippen LogP contribution in [0.25, 0.3) is 22.3 Å². The molecule has 0 N–H and O–H groups in total. The molecule has 174 valence electrons. The van der Waals surface area contributed by atoms with E-state index in [0.29, 0.717) is 40.8 Å². The van der Waals surface area contributed by atoms with Gasteiger partial charge in [-0.15, -0.1) is 0 Å². The second kappa shape index (κ2) is 8.23. The van der Waals surface area contributed by atoms with Crippen LogP contribution in [0, 0.1) is 17.5 Å². The predicted octanol–water partition coefficient (Wildman–Crippen LogP) is 4.99. The van der Waals surface area contributed by atoms with Gasteiger partial charge < -0.3 is 4.90 Å². The molecule has 0 fully saturated rings. The quantitative estimate of drug-likeness (QED) is 0.400. The smallest absolute Gasteiger partial charge is 0.254 e. The van der Waals surface area contributed by atoms with Crippen LogP contribution in [-0.2, 0) is 13.5 Å². The van der Waals surface area contributed by atoms with E-state index in [2.05, 4.69) is 15.1 Å². The third-order valence-electron chi connectivity index (χ3n) is 6.50. The Morgan fingerprint density at radius 2 is 1.74 bits per heavy atom. The second-order valence-corrected chi connectivity index (χ2v) is 8.50. The van der Waals surface area contributed by atoms with Crippen molar-refractivity contribution in [3.8, 4) is 11.3 Å². The lowest BCUT2D eigenvalue weighted by Crippen LogP contribution is -2.46. The van der Waals surface area contributed by atoms with Gasteiger partial charge in [0, 0.05) is 42.2 Å². The van der Waals surface area contributed by atoms with E-state index in [1.165, 1.54) is 0 Å². The summed E-state index contributed by atoms with van der Waals surface area (Å²) < 4.78 is 43.0. The molecule has 2 atom stereocenters. The highest BCUT2D eigenvalue weighted by atomic mass is 19.2. The molecule has 2 aromatic carbocycles. The largest absolute Gasteiger partial charge is 0.327 e. The molecule has 0 aliphatic carbocycles. The van der Waals surface area contributed by atoms with E-state index >= 15 is 0 Å². The highest BCUT2D eigenvalue weighted by Gasteiger charge is 2.39. The van der Waals surface area contributed by atoms with Crippen LogP contribution in [0.3, 0.4) is 0 Å². The Morgan fingerprint density at radius 1 is 1.06 bits per heavy atom. The van der Waals surface area contributed by atoms with Gasteiger partial charge in [-0.2, -0.15) is 5.10 Å². The monoisotopic (exact) mass is 465 g/mol. The average molecular weight is 465 g/mol. The molecular weight excluding hydrogens is 443 g/mol. The van der Waals surface area contributed by atoms with Crippen LogP contribution in [0.1, 0.15) is 47.9 Å². The molecule has 34 heavy (non-hydrogen) atoms. The number of aryl methyl sites for hydroxylation is 1. The van der Waals surface area contributed by atoms with E-state index in [1.54, 1.807) is 42.3 Å². The van der Waals surface area contributed by atoms with Gasteiger partial charge in [0.25, 0.3) is 5.91 Å². The first-order valence-corrected chi connectivity index (χ1v) is 11.0. The van der Waals surface area contributed by atoms with Crippen molar-refractivity contribution < 1.29 is 18.0 Å². The minimum Gasteiger partial charge on any atom is -0.327 e. The van der Waals surface area contributed by atoms with Crippen molar-refractivity contribution in [3.05, 3.63) is 77.0 Å². The molecule has 2 aromatic heterocycles. The van der Waals surface area contributed by atoms with E-state index in [0.717, 1.165) is 17.7 Å². The van der Waals surface area contributed by atoms with E-state index < -0.39 is 17.5 Å². The standard InChI is InChI=1S/C25H22F3N5O/c1-4-16-12-17-23(31-32(3)24(17)15-9-18(26)22(28)19(27)10-15)13(2)33(16)25(34)14-5-6-20-21(11-14)30-8-7-29-20/h5-11,13,16H,4,12H2,1-3H3. The van der Waals surface area contributed by atoms with Gasteiger partial charge in [-0.05, 0) is 50.1 Å². The fourth-order valence-corrected chi connectivity index (χ4v) is 4.89. The van der Waals surface area contributed by atoms with Crippen molar-refractivity contribution in [2.24, 2.45) is 7.05 Å². The minimum absolute atomic E-state index is 0.149. The number of fused-ring (bicyclic) bond motifs is 2. The van der Waals surface area contributed by atoms with Gasteiger partial charge in [-0.25, -0.2) is 13.2 Å². The number of amides is 1. The van der Waals surface area contributed by atoms with E-state index in [1.807, 2.05) is 18.7 Å². The summed E-state index contributed by atoms with van der Waals surface area (Å²) in [5, 5.41) is 4.60. The first kappa shape index (κ1) is 22.1. The zero-order chi connectivity index (χ0) is 24.1. The second-order valence-electron chi connectivity index (χ2n) is 8.50. The molecule has 1 aliphatic rings. The van der Waals surface area contributed by atoms with Gasteiger partial charge >= 0.3 is 0 Å². The summed E-state index contributed by atoms with van der Waals surface area (Å²) >= 11 is 0. The van der Waals surface area contributed by atoms with Crippen molar-refractivity contribution in [1.82, 2.24) is 24.6 Å². The van der Waals surface area contributed by atoms with Gasteiger partial charge in [0.15, 0.2) is 17.5 Å². The minimum atomic E-state index is -1.50. The summed E-state index contributed by atoms with van der Waals surface area (Å²) in [5.41, 5.74) is 4.02. The Bertz CT molecular complexity index is 1410. The lowest BCUT2D eigenvalue weighted by Gasteiger charge is -2.40. The fourth-order valence-electron chi connectivity index (χ4n) is 4.89. The van der Waals surface area contributed by atoms with Crippen LogP contribution >= 0.6 is 0 Å². The van der Waals surface area contributed by atoms with Crippen LogP contribution in [0.4, 0.5) is 13.2 Å². The third-order valence-corrected chi connectivity index (χ3v) is 6.50. The molecular formula is C25H22F3N5O. The van der Waals surface area contributed by atoms with Crippen LogP contribution < -0.4 is 0 Å². The third kappa shape index (κ3) is 3.43. The van der Waals surface area contributed by atoms with Gasteiger partial charge in [0.05, 0.1) is 28.5 Å². The van der Waals surface area contributed by atoms with E-state index in [9.17, 15) is 18.0 Å². The van der Waals surface area contributed by atoms with Gasteiger partial charge in [0.1, 0.15) is 0 Å². The lowest BCUT2D eigenvalue weighted by molar-refractivity contribution is 0.0545. The van der Waals surface area contributed by atoms with Crippen LogP contribution in [0.5, 0.6) is 0 Å². The molecule has 0 saturated carbocycles. The topological polar surface area (TPSA) is 63.9 Å². The first-order chi connectivity index (χ1) is 16.3. The predicted molar refractivity (Wildman–Crippen MR) is 120 cm³/mol. The number of benzene rings is 2. The van der Waals surface area contributed by atoms with Crippen LogP contribution in [-0.4, -0.2) is 36.6 Å². The normalized spacial score (nSPS) is 17.8. The van der Waals surface area contributed by atoms with Crippen molar-refractivity contribution in [2.45, 2.75) is 38.8 Å². The summed E-state index contributed by atoms with van der Waals surface area (Å²) in [6, 6.07) is 6.66. The van der Waals surface area contributed by atoms with E-state index in [4.69, 9.17) is 0 Å². The zero-order valence-electron chi connectivity index (χ0n) is 18.9. The first-order valence-electron chi connectivity index (χ1n) is 11.0. The highest BCUT2D eigenvalue weighted by molar-refractivity contribution is 5.97. The molecule has 5 rings (SSSR count). The summed E-state index contributed by atoms with van der Waals surface area (Å²) in [5.74, 6) is -4.16. The van der Waals surface area contributed by atoms with E-state index in [-0.39, 0.29) is 23.6 Å². The summed E-state index contributed by atoms with van der Waals surface area (Å²) in [4.78, 5) is 24.0. The zero-order valence-corrected chi connectivity index (χ0v) is 18.9. The molecule has 2 unspecified atom stereocenters. The Labute approximate surface area is 194 Å². The van der Waals surface area contributed by atoms with Crippen LogP contribution in [0.2, 0.25) is 0 Å². The van der Waals surface area contributed by atoms with Gasteiger partial charge in [-0.1, -0.05) is 6.92 Å². The molecule has 6 nitrogen and oxygen atoms in total. The molecule has 3 heterocycles. The Hall–Kier alpha value is -3.75. The maximum absolute atomic E-state index is 14.0. The molecule has 0 spiro atoms. The molecule has 1 aliphatic heterocycles. The molecule has 9 heteroatoms. The molecule has 1 amide bonds. The summed E-state index contributed by atoms with van der Waals surface area (Å²) in [6.07, 6.45) is 4.31. The van der Waals surface area contributed by atoms with Crippen molar-refractivity contribution in [3.63, 3.8) is 0 Å². The Morgan fingerprint density at radius 3 is 2.41 bits per heavy atom. The van der Waals surface area contributed by atoms with Crippen LogP contribution in [0.15, 0.2) is 42.7 Å². The lowest BCUT2D eigenvalue weighted by atomic mass is 9.89. The molecule has 0 saturated heterocycles. The summed E-state index contributed by atoms with van der Waals surface area (Å²) in [6.45, 7) is 3.88. The number of aromatic nitrogens is 4.